The zero-order valence-electron chi connectivity index (χ0n) is 15.8. The number of aromatic nitrogens is 5. The molecule has 2 N–H and O–H groups in total. The van der Waals surface area contributed by atoms with Crippen molar-refractivity contribution in [3.63, 3.8) is 0 Å². The summed E-state index contributed by atoms with van der Waals surface area (Å²) in [6, 6.07) is 7.71. The first-order valence-corrected chi connectivity index (χ1v) is 9.29. The molecule has 1 aromatic carbocycles. The molecular formula is C19H24N6O2. The summed E-state index contributed by atoms with van der Waals surface area (Å²) in [6.07, 6.45) is 4.07. The van der Waals surface area contributed by atoms with Gasteiger partial charge in [0, 0.05) is 0 Å². The van der Waals surface area contributed by atoms with Crippen molar-refractivity contribution in [3.05, 3.63) is 35.8 Å². The van der Waals surface area contributed by atoms with E-state index in [9.17, 15) is 0 Å². The molecule has 0 atom stereocenters. The van der Waals surface area contributed by atoms with Crippen LogP contribution in [0.15, 0.2) is 28.8 Å². The van der Waals surface area contributed by atoms with Gasteiger partial charge in [-0.15, -0.1) is 5.10 Å². The Morgan fingerprint density at radius 1 is 1.19 bits per heavy atom. The number of hydrogen-bond acceptors (Lipinski definition) is 7. The first-order valence-electron chi connectivity index (χ1n) is 9.29. The lowest BCUT2D eigenvalue weighted by molar-refractivity contribution is 0.242. The van der Waals surface area contributed by atoms with Gasteiger partial charge in [-0.2, -0.15) is 4.98 Å². The molecule has 1 saturated carbocycles. The molecule has 3 aromatic rings. The van der Waals surface area contributed by atoms with Crippen LogP contribution in [0.4, 0.5) is 0 Å². The van der Waals surface area contributed by atoms with Crippen LogP contribution in [0.25, 0.3) is 17.3 Å². The average Bonchev–Trinajstić information content (AvgIpc) is 3.35. The summed E-state index contributed by atoms with van der Waals surface area (Å²) in [4.78, 5) is 4.51. The quantitative estimate of drug-likeness (QED) is 0.737. The minimum Gasteiger partial charge on any atom is -0.491 e. The smallest absolute Gasteiger partial charge is 0.280 e. The highest BCUT2D eigenvalue weighted by atomic mass is 16.5. The van der Waals surface area contributed by atoms with Gasteiger partial charge in [0.05, 0.1) is 23.0 Å². The van der Waals surface area contributed by atoms with Crippen LogP contribution in [0.2, 0.25) is 0 Å². The molecule has 27 heavy (non-hydrogen) atoms. The molecule has 0 radical (unpaired) electrons. The second kappa shape index (κ2) is 6.77. The van der Waals surface area contributed by atoms with Crippen LogP contribution < -0.4 is 10.5 Å². The van der Waals surface area contributed by atoms with E-state index >= 15 is 0 Å². The van der Waals surface area contributed by atoms with Crippen molar-refractivity contribution in [2.24, 2.45) is 5.73 Å². The second-order valence-electron chi connectivity index (χ2n) is 7.38. The first-order chi connectivity index (χ1) is 13.0. The lowest BCUT2D eigenvalue weighted by Gasteiger charge is -2.17. The Balaban J connectivity index is 1.60. The Morgan fingerprint density at radius 2 is 1.89 bits per heavy atom. The zero-order chi connectivity index (χ0) is 19.0. The van der Waals surface area contributed by atoms with Crippen LogP contribution in [0.5, 0.6) is 5.75 Å². The van der Waals surface area contributed by atoms with Crippen LogP contribution in [-0.2, 0) is 5.54 Å². The molecule has 4 rings (SSSR count). The highest BCUT2D eigenvalue weighted by molar-refractivity contribution is 5.52. The maximum Gasteiger partial charge on any atom is 0.280 e. The van der Waals surface area contributed by atoms with E-state index in [-0.39, 0.29) is 6.10 Å². The number of benzene rings is 1. The van der Waals surface area contributed by atoms with Crippen LogP contribution in [0.3, 0.4) is 0 Å². The van der Waals surface area contributed by atoms with Crippen molar-refractivity contribution in [1.82, 2.24) is 25.1 Å². The van der Waals surface area contributed by atoms with Gasteiger partial charge < -0.3 is 15.0 Å². The van der Waals surface area contributed by atoms with Crippen LogP contribution >= 0.6 is 0 Å². The summed E-state index contributed by atoms with van der Waals surface area (Å²) >= 11 is 0. The Kier molecular flexibility index (Phi) is 4.43. The summed E-state index contributed by atoms with van der Waals surface area (Å²) < 4.78 is 12.9. The van der Waals surface area contributed by atoms with Crippen molar-refractivity contribution in [1.29, 1.82) is 0 Å². The summed E-state index contributed by atoms with van der Waals surface area (Å²) in [5.74, 6) is 1.72. The van der Waals surface area contributed by atoms with Gasteiger partial charge in [0.15, 0.2) is 11.5 Å². The molecular weight excluding hydrogens is 344 g/mol. The van der Waals surface area contributed by atoms with Crippen molar-refractivity contribution < 1.29 is 9.26 Å². The third kappa shape index (κ3) is 3.32. The van der Waals surface area contributed by atoms with Crippen molar-refractivity contribution in [3.8, 4) is 23.0 Å². The molecule has 8 nitrogen and oxygen atoms in total. The van der Waals surface area contributed by atoms with E-state index in [1.165, 1.54) is 0 Å². The fourth-order valence-corrected chi connectivity index (χ4v) is 3.46. The van der Waals surface area contributed by atoms with Crippen molar-refractivity contribution in [2.75, 3.05) is 0 Å². The van der Waals surface area contributed by atoms with Crippen molar-refractivity contribution in [2.45, 2.75) is 58.1 Å². The van der Waals surface area contributed by atoms with Crippen molar-refractivity contribution >= 4 is 0 Å². The normalized spacial score (nSPS) is 16.2. The van der Waals surface area contributed by atoms with E-state index in [1.807, 2.05) is 45.0 Å². The largest absolute Gasteiger partial charge is 0.491 e. The first kappa shape index (κ1) is 17.7. The molecule has 0 saturated heterocycles. The molecule has 2 aromatic heterocycles. The summed E-state index contributed by atoms with van der Waals surface area (Å²) in [6.45, 7) is 5.92. The Hall–Kier alpha value is -2.74. The number of rotatable bonds is 5. The third-order valence-corrected chi connectivity index (χ3v) is 4.92. The van der Waals surface area contributed by atoms with Gasteiger partial charge in [0.2, 0.25) is 0 Å². The van der Waals surface area contributed by atoms with Crippen LogP contribution in [0.1, 0.15) is 51.0 Å². The fraction of sp³-hybridized carbons (Fsp3) is 0.474. The number of hydrogen-bond donors (Lipinski definition) is 1. The predicted molar refractivity (Wildman–Crippen MR) is 99.5 cm³/mol. The van der Waals surface area contributed by atoms with E-state index in [0.29, 0.717) is 17.4 Å². The summed E-state index contributed by atoms with van der Waals surface area (Å²) in [5, 5.41) is 12.6. The molecule has 1 aliphatic carbocycles. The SMILES string of the molecule is Cc1c(-c2nc(C3(N)CCCC3)no2)nnn1-c1ccc(OC(C)C)cc1. The summed E-state index contributed by atoms with van der Waals surface area (Å²) in [7, 11) is 0. The Bertz CT molecular complexity index is 922. The van der Waals surface area contributed by atoms with Crippen LogP contribution in [0, 0.1) is 6.92 Å². The molecule has 142 valence electrons. The lowest BCUT2D eigenvalue weighted by Crippen LogP contribution is -2.34. The molecule has 1 fully saturated rings. The predicted octanol–water partition coefficient (Wildman–Crippen LogP) is 3.14. The van der Waals surface area contributed by atoms with E-state index in [0.717, 1.165) is 42.8 Å². The van der Waals surface area contributed by atoms with Gasteiger partial charge in [0.1, 0.15) is 5.75 Å². The number of nitrogens with zero attached hydrogens (tertiary/aromatic N) is 5. The van der Waals surface area contributed by atoms with Gasteiger partial charge in [-0.3, -0.25) is 0 Å². The highest BCUT2D eigenvalue weighted by Gasteiger charge is 2.36. The van der Waals surface area contributed by atoms with Gasteiger partial charge >= 0.3 is 0 Å². The fourth-order valence-electron chi connectivity index (χ4n) is 3.46. The molecule has 8 heteroatoms. The summed E-state index contributed by atoms with van der Waals surface area (Å²) in [5.41, 5.74) is 8.20. The minimum atomic E-state index is -0.488. The van der Waals surface area contributed by atoms with E-state index in [2.05, 4.69) is 20.5 Å². The molecule has 2 heterocycles. The zero-order valence-corrected chi connectivity index (χ0v) is 15.8. The highest BCUT2D eigenvalue weighted by Crippen LogP contribution is 2.35. The Labute approximate surface area is 157 Å². The number of nitrogens with two attached hydrogens (primary N) is 1. The molecule has 0 amide bonds. The molecule has 0 unspecified atom stereocenters. The number of ether oxygens (including phenoxy) is 1. The topological polar surface area (TPSA) is 105 Å². The van der Waals surface area contributed by atoms with E-state index in [4.69, 9.17) is 15.0 Å². The van der Waals surface area contributed by atoms with E-state index < -0.39 is 5.54 Å². The maximum atomic E-state index is 6.42. The Morgan fingerprint density at radius 3 is 2.56 bits per heavy atom. The van der Waals surface area contributed by atoms with Gasteiger partial charge in [0.25, 0.3) is 5.89 Å². The second-order valence-corrected chi connectivity index (χ2v) is 7.38. The standard InChI is InChI=1S/C19H24N6O2/c1-12(2)26-15-8-6-14(7-9-15)25-13(3)16(22-24-25)17-21-18(23-27-17)19(20)10-4-5-11-19/h6-9,12H,4-5,10-11,20H2,1-3H3. The molecule has 0 aliphatic heterocycles. The monoisotopic (exact) mass is 368 g/mol. The minimum absolute atomic E-state index is 0.132. The molecule has 1 aliphatic rings. The van der Waals surface area contributed by atoms with Gasteiger partial charge in [-0.05, 0) is 57.9 Å². The average molecular weight is 368 g/mol. The maximum absolute atomic E-state index is 6.42. The van der Waals surface area contributed by atoms with Gasteiger partial charge in [-0.25, -0.2) is 4.68 Å². The van der Waals surface area contributed by atoms with E-state index in [1.54, 1.807) is 4.68 Å². The molecule has 0 bridgehead atoms. The van der Waals surface area contributed by atoms with Gasteiger partial charge in [-0.1, -0.05) is 23.2 Å². The van der Waals surface area contributed by atoms with Crippen LogP contribution in [-0.4, -0.2) is 31.2 Å². The lowest BCUT2D eigenvalue weighted by atomic mass is 9.99. The molecule has 0 spiro atoms. The third-order valence-electron chi connectivity index (χ3n) is 4.92.